The molecule has 29 heavy (non-hydrogen) atoms. The molecule has 0 spiro atoms. The first-order valence-corrected chi connectivity index (χ1v) is 9.30. The first-order chi connectivity index (χ1) is 13.9. The average molecular weight is 431 g/mol. The summed E-state index contributed by atoms with van der Waals surface area (Å²) in [7, 11) is 0. The number of imidazole rings is 1. The zero-order chi connectivity index (χ0) is 20.7. The molecule has 0 aliphatic heterocycles. The molecule has 3 aromatic carbocycles. The largest absolute Gasteiger partial charge is 0.478 e. The van der Waals surface area contributed by atoms with Crippen LogP contribution in [0.25, 0.3) is 16.7 Å². The van der Waals surface area contributed by atoms with Gasteiger partial charge in [-0.25, -0.2) is 14.0 Å². The zero-order valence-electron chi connectivity index (χ0n) is 14.8. The van der Waals surface area contributed by atoms with Gasteiger partial charge in [0.2, 0.25) is 0 Å². The van der Waals surface area contributed by atoms with Crippen LogP contribution in [0.1, 0.15) is 15.9 Å². The van der Waals surface area contributed by atoms with Crippen molar-refractivity contribution in [3.05, 3.63) is 98.1 Å². The van der Waals surface area contributed by atoms with Crippen LogP contribution < -0.4 is 5.69 Å². The van der Waals surface area contributed by atoms with E-state index in [4.69, 9.17) is 28.3 Å². The predicted octanol–water partition coefficient (Wildman–Crippen LogP) is 4.98. The molecule has 1 N–H and O–H groups in total. The minimum absolute atomic E-state index is 0.0415. The van der Waals surface area contributed by atoms with Crippen LogP contribution in [0.15, 0.2) is 65.5 Å². The van der Waals surface area contributed by atoms with E-state index in [2.05, 4.69) is 0 Å². The molecule has 1 aromatic heterocycles. The number of carbonyl (C=O) groups is 1. The van der Waals surface area contributed by atoms with E-state index in [0.717, 1.165) is 6.07 Å². The Hall–Kier alpha value is -3.09. The van der Waals surface area contributed by atoms with E-state index >= 15 is 0 Å². The fourth-order valence-corrected chi connectivity index (χ4v) is 3.77. The Morgan fingerprint density at radius 3 is 2.24 bits per heavy atom. The van der Waals surface area contributed by atoms with Crippen molar-refractivity contribution in [1.29, 1.82) is 0 Å². The van der Waals surface area contributed by atoms with Crippen molar-refractivity contribution in [1.82, 2.24) is 9.13 Å². The quantitative estimate of drug-likeness (QED) is 0.496. The standard InChI is InChI=1S/C21H13Cl2FN2O3/c22-14-4-3-5-15(23)13(14)11-25-18-6-1-2-7-19(18)26(21(25)29)17-9-8-12(20(27)28)10-16(17)24/h1-10H,11H2,(H,27,28). The van der Waals surface area contributed by atoms with Crippen molar-refractivity contribution in [2.24, 2.45) is 0 Å². The molecule has 146 valence electrons. The Kier molecular flexibility index (Phi) is 4.90. The number of benzene rings is 3. The third kappa shape index (κ3) is 3.30. The van der Waals surface area contributed by atoms with E-state index in [-0.39, 0.29) is 17.8 Å². The van der Waals surface area contributed by atoms with Gasteiger partial charge in [0.05, 0.1) is 28.8 Å². The molecule has 0 bridgehead atoms. The maximum absolute atomic E-state index is 14.7. The monoisotopic (exact) mass is 430 g/mol. The van der Waals surface area contributed by atoms with Gasteiger partial charge in [-0.3, -0.25) is 9.13 Å². The summed E-state index contributed by atoms with van der Waals surface area (Å²) in [5.74, 6) is -2.07. The minimum atomic E-state index is -1.25. The average Bonchev–Trinajstić information content (AvgIpc) is 2.96. The number of hydrogen-bond acceptors (Lipinski definition) is 2. The van der Waals surface area contributed by atoms with E-state index in [1.165, 1.54) is 21.3 Å². The van der Waals surface area contributed by atoms with E-state index in [1.807, 2.05) is 0 Å². The van der Waals surface area contributed by atoms with Gasteiger partial charge in [-0.05, 0) is 42.5 Å². The topological polar surface area (TPSA) is 64.2 Å². The second-order valence-electron chi connectivity index (χ2n) is 6.36. The summed E-state index contributed by atoms with van der Waals surface area (Å²) in [6.07, 6.45) is 0. The summed E-state index contributed by atoms with van der Waals surface area (Å²) in [4.78, 5) is 24.3. The maximum atomic E-state index is 14.7. The third-order valence-electron chi connectivity index (χ3n) is 4.65. The number of nitrogens with zero attached hydrogens (tertiary/aromatic N) is 2. The first-order valence-electron chi connectivity index (χ1n) is 8.55. The number of rotatable bonds is 4. The Bertz CT molecular complexity index is 1310. The number of para-hydroxylation sites is 2. The lowest BCUT2D eigenvalue weighted by Gasteiger charge is -2.08. The van der Waals surface area contributed by atoms with E-state index in [9.17, 15) is 14.0 Å². The van der Waals surface area contributed by atoms with Gasteiger partial charge in [0.15, 0.2) is 0 Å². The van der Waals surface area contributed by atoms with Crippen molar-refractivity contribution in [2.45, 2.75) is 6.54 Å². The van der Waals surface area contributed by atoms with Crippen molar-refractivity contribution < 1.29 is 14.3 Å². The zero-order valence-corrected chi connectivity index (χ0v) is 16.3. The lowest BCUT2D eigenvalue weighted by atomic mass is 10.2. The molecule has 4 rings (SSSR count). The van der Waals surface area contributed by atoms with Crippen LogP contribution in [0, 0.1) is 5.82 Å². The van der Waals surface area contributed by atoms with Crippen LogP contribution in [0.5, 0.6) is 0 Å². The summed E-state index contributed by atoms with van der Waals surface area (Å²) in [6, 6.07) is 15.4. The van der Waals surface area contributed by atoms with Gasteiger partial charge in [-0.15, -0.1) is 0 Å². The molecule has 0 saturated carbocycles. The number of aromatic carboxylic acids is 1. The molecule has 0 fully saturated rings. The summed E-state index contributed by atoms with van der Waals surface area (Å²) in [5, 5.41) is 9.88. The molecular weight excluding hydrogens is 418 g/mol. The normalized spacial score (nSPS) is 11.1. The molecular formula is C21H13Cl2FN2O3. The molecule has 0 amide bonds. The molecule has 0 aliphatic carbocycles. The van der Waals surface area contributed by atoms with Gasteiger partial charge in [0.1, 0.15) is 5.82 Å². The van der Waals surface area contributed by atoms with Crippen LogP contribution in [-0.4, -0.2) is 20.2 Å². The van der Waals surface area contributed by atoms with Crippen LogP contribution >= 0.6 is 23.2 Å². The SMILES string of the molecule is O=C(O)c1ccc(-n2c(=O)n(Cc3c(Cl)cccc3Cl)c3ccccc32)c(F)c1. The highest BCUT2D eigenvalue weighted by Gasteiger charge is 2.19. The highest BCUT2D eigenvalue weighted by Crippen LogP contribution is 2.27. The van der Waals surface area contributed by atoms with Crippen LogP contribution in [0.2, 0.25) is 10.0 Å². The molecule has 0 unspecified atom stereocenters. The summed E-state index contributed by atoms with van der Waals surface area (Å²) >= 11 is 12.5. The summed E-state index contributed by atoms with van der Waals surface area (Å²) < 4.78 is 17.4. The number of hydrogen-bond donors (Lipinski definition) is 1. The van der Waals surface area contributed by atoms with Gasteiger partial charge in [0.25, 0.3) is 0 Å². The van der Waals surface area contributed by atoms with E-state index < -0.39 is 17.5 Å². The first kappa shape index (κ1) is 19.2. The van der Waals surface area contributed by atoms with Gasteiger partial charge in [0, 0.05) is 15.6 Å². The van der Waals surface area contributed by atoms with Gasteiger partial charge >= 0.3 is 11.7 Å². The number of aromatic nitrogens is 2. The molecule has 0 atom stereocenters. The maximum Gasteiger partial charge on any atom is 0.335 e. The van der Waals surface area contributed by atoms with E-state index in [1.54, 1.807) is 42.5 Å². The van der Waals surface area contributed by atoms with Crippen molar-refractivity contribution in [2.75, 3.05) is 0 Å². The van der Waals surface area contributed by atoms with Crippen LogP contribution in [-0.2, 0) is 6.54 Å². The Labute approximate surface area is 174 Å². The molecule has 0 saturated heterocycles. The second kappa shape index (κ2) is 7.39. The van der Waals surface area contributed by atoms with Crippen molar-refractivity contribution in [3.8, 4) is 5.69 Å². The van der Waals surface area contributed by atoms with Gasteiger partial charge < -0.3 is 5.11 Å². The highest BCUT2D eigenvalue weighted by atomic mass is 35.5. The molecule has 5 nitrogen and oxygen atoms in total. The van der Waals surface area contributed by atoms with Gasteiger partial charge in [-0.2, -0.15) is 0 Å². The number of carboxylic acids is 1. The Morgan fingerprint density at radius 1 is 0.966 bits per heavy atom. The van der Waals surface area contributed by atoms with Gasteiger partial charge in [-0.1, -0.05) is 41.4 Å². The number of halogens is 3. The highest BCUT2D eigenvalue weighted by molar-refractivity contribution is 6.36. The number of carboxylic acid groups (broad SMARTS) is 1. The van der Waals surface area contributed by atoms with E-state index in [0.29, 0.717) is 26.6 Å². The van der Waals surface area contributed by atoms with Crippen LogP contribution in [0.3, 0.4) is 0 Å². The fraction of sp³-hybridized carbons (Fsp3) is 0.0476. The van der Waals surface area contributed by atoms with Crippen molar-refractivity contribution in [3.63, 3.8) is 0 Å². The second-order valence-corrected chi connectivity index (χ2v) is 7.18. The smallest absolute Gasteiger partial charge is 0.335 e. The van der Waals surface area contributed by atoms with Crippen molar-refractivity contribution >= 4 is 40.2 Å². The lowest BCUT2D eigenvalue weighted by molar-refractivity contribution is 0.0696. The molecule has 0 aliphatic rings. The minimum Gasteiger partial charge on any atom is -0.478 e. The summed E-state index contributed by atoms with van der Waals surface area (Å²) in [5.41, 5.74) is 0.871. The number of fused-ring (bicyclic) bond motifs is 1. The Balaban J connectivity index is 1.95. The molecule has 8 heteroatoms. The molecule has 4 aromatic rings. The summed E-state index contributed by atoms with van der Waals surface area (Å²) in [6.45, 7) is 0.0969. The predicted molar refractivity (Wildman–Crippen MR) is 110 cm³/mol. The Morgan fingerprint density at radius 2 is 1.62 bits per heavy atom. The van der Waals surface area contributed by atoms with Crippen LogP contribution in [0.4, 0.5) is 4.39 Å². The molecule has 1 heterocycles. The fourth-order valence-electron chi connectivity index (χ4n) is 3.26. The molecule has 0 radical (unpaired) electrons. The third-order valence-corrected chi connectivity index (χ3v) is 5.36. The lowest BCUT2D eigenvalue weighted by Crippen LogP contribution is -2.24.